The maximum atomic E-state index is 9.37. The molecule has 1 aromatic heterocycles. The molecule has 1 N–H and O–H groups in total. The third kappa shape index (κ3) is 3.21. The zero-order chi connectivity index (χ0) is 13.4. The van der Waals surface area contributed by atoms with Gasteiger partial charge < -0.3 is 24.1 Å². The average molecular weight is 269 g/mol. The molecular formula is C11H15N3O5. The maximum Gasteiger partial charge on any atom is 0.325 e. The lowest BCUT2D eigenvalue weighted by molar-refractivity contribution is 0.217. The van der Waals surface area contributed by atoms with Crippen LogP contribution in [0.4, 0.5) is 0 Å². The van der Waals surface area contributed by atoms with Crippen molar-refractivity contribution in [3.05, 3.63) is 0 Å². The summed E-state index contributed by atoms with van der Waals surface area (Å²) in [5.41, 5.74) is 0. The fraction of sp³-hybridized carbons (Fsp3) is 0.727. The molecule has 0 bridgehead atoms. The molecule has 0 spiro atoms. The van der Waals surface area contributed by atoms with E-state index >= 15 is 0 Å². The molecule has 3 rings (SSSR count). The standard InChI is InChI=1S/C11H15N3O5/c1-5-7(18-5)3-16-10-12-9(15)13-11(14-10)17-4-8-6(2)19-8/h5-8H,3-4H2,1-2H3,(H,12,13,14,15). The lowest BCUT2D eigenvalue weighted by Gasteiger charge is -2.05. The Bertz CT molecular complexity index is 433. The van der Waals surface area contributed by atoms with Crippen molar-refractivity contribution in [1.29, 1.82) is 0 Å². The Morgan fingerprint density at radius 3 is 1.74 bits per heavy atom. The van der Waals surface area contributed by atoms with E-state index in [1.807, 2.05) is 13.8 Å². The first-order chi connectivity index (χ1) is 9.11. The van der Waals surface area contributed by atoms with E-state index in [2.05, 4.69) is 15.0 Å². The second-order valence-corrected chi connectivity index (χ2v) is 4.58. The summed E-state index contributed by atoms with van der Waals surface area (Å²) in [5.74, 6) is 0. The molecule has 0 aliphatic carbocycles. The molecule has 2 aliphatic rings. The number of ether oxygens (including phenoxy) is 4. The second-order valence-electron chi connectivity index (χ2n) is 4.58. The molecule has 2 aliphatic heterocycles. The highest BCUT2D eigenvalue weighted by molar-refractivity contribution is 5.08. The molecule has 104 valence electrons. The Morgan fingerprint density at radius 2 is 1.37 bits per heavy atom. The molecule has 0 saturated carbocycles. The lowest BCUT2D eigenvalue weighted by atomic mass is 10.4. The van der Waals surface area contributed by atoms with Crippen LogP contribution in [-0.2, 0) is 9.47 Å². The first-order valence-electron chi connectivity index (χ1n) is 6.13. The van der Waals surface area contributed by atoms with E-state index in [-0.39, 0.29) is 36.4 Å². The maximum absolute atomic E-state index is 9.37. The SMILES string of the molecule is CC1OC1COc1nc(O)nc(OCC2OC2C)n1. The van der Waals surface area contributed by atoms with Crippen LogP contribution in [0.15, 0.2) is 0 Å². The van der Waals surface area contributed by atoms with Gasteiger partial charge in [0.15, 0.2) is 0 Å². The van der Waals surface area contributed by atoms with Crippen LogP contribution < -0.4 is 9.47 Å². The van der Waals surface area contributed by atoms with Gasteiger partial charge in [-0.15, -0.1) is 15.0 Å². The minimum absolute atomic E-state index is 0.0231. The van der Waals surface area contributed by atoms with Crippen molar-refractivity contribution in [2.45, 2.75) is 38.3 Å². The van der Waals surface area contributed by atoms with Gasteiger partial charge in [0.2, 0.25) is 0 Å². The van der Waals surface area contributed by atoms with E-state index in [1.165, 1.54) is 0 Å². The predicted molar refractivity (Wildman–Crippen MR) is 61.2 cm³/mol. The number of hydrogen-bond acceptors (Lipinski definition) is 8. The predicted octanol–water partition coefficient (Wildman–Crippen LogP) is -0.0906. The van der Waals surface area contributed by atoms with E-state index < -0.39 is 6.01 Å². The van der Waals surface area contributed by atoms with Crippen LogP contribution >= 0.6 is 0 Å². The zero-order valence-corrected chi connectivity index (χ0v) is 10.6. The minimum atomic E-state index is -0.436. The van der Waals surface area contributed by atoms with Gasteiger partial charge in [-0.25, -0.2) is 0 Å². The first-order valence-corrected chi connectivity index (χ1v) is 6.13. The second kappa shape index (κ2) is 4.78. The van der Waals surface area contributed by atoms with Gasteiger partial charge in [-0.2, -0.15) is 0 Å². The van der Waals surface area contributed by atoms with Crippen molar-refractivity contribution in [1.82, 2.24) is 15.0 Å². The van der Waals surface area contributed by atoms with Crippen LogP contribution in [0, 0.1) is 0 Å². The summed E-state index contributed by atoms with van der Waals surface area (Å²) in [6, 6.07) is -0.389. The normalized spacial score (nSPS) is 31.9. The third-order valence-corrected chi connectivity index (χ3v) is 3.01. The molecule has 0 aromatic carbocycles. The summed E-state index contributed by atoms with van der Waals surface area (Å²) in [6.07, 6.45) is 0.507. The Hall–Kier alpha value is -1.67. The smallest absolute Gasteiger partial charge is 0.325 e. The van der Waals surface area contributed by atoms with Gasteiger partial charge in [0.05, 0.1) is 12.2 Å². The first kappa shape index (κ1) is 12.4. The van der Waals surface area contributed by atoms with Crippen molar-refractivity contribution in [3.8, 4) is 18.0 Å². The van der Waals surface area contributed by atoms with Gasteiger partial charge in [0.25, 0.3) is 0 Å². The van der Waals surface area contributed by atoms with Gasteiger partial charge in [-0.1, -0.05) is 0 Å². The van der Waals surface area contributed by atoms with Crippen molar-refractivity contribution >= 4 is 0 Å². The highest BCUT2D eigenvalue weighted by Crippen LogP contribution is 2.23. The van der Waals surface area contributed by atoms with E-state index in [0.29, 0.717) is 13.2 Å². The number of epoxide rings is 2. The Labute approximate surface area is 109 Å². The summed E-state index contributed by atoms with van der Waals surface area (Å²) in [6.45, 7) is 4.58. The fourth-order valence-electron chi connectivity index (χ4n) is 1.58. The molecule has 4 unspecified atom stereocenters. The summed E-state index contributed by atoms with van der Waals surface area (Å²) in [7, 11) is 0. The topological polar surface area (TPSA) is 102 Å². The summed E-state index contributed by atoms with van der Waals surface area (Å²) >= 11 is 0. The molecule has 1 aromatic rings. The quantitative estimate of drug-likeness (QED) is 0.715. The summed E-state index contributed by atoms with van der Waals surface area (Å²) in [4.78, 5) is 11.3. The summed E-state index contributed by atoms with van der Waals surface area (Å²) in [5, 5.41) is 9.37. The van der Waals surface area contributed by atoms with Crippen LogP contribution in [0.3, 0.4) is 0 Å². The highest BCUT2D eigenvalue weighted by Gasteiger charge is 2.36. The number of nitrogens with zero attached hydrogens (tertiary/aromatic N) is 3. The molecule has 3 heterocycles. The average Bonchev–Trinajstić information content (AvgIpc) is 3.24. The van der Waals surface area contributed by atoms with E-state index in [9.17, 15) is 5.11 Å². The van der Waals surface area contributed by atoms with E-state index in [1.54, 1.807) is 0 Å². The van der Waals surface area contributed by atoms with Crippen molar-refractivity contribution in [3.63, 3.8) is 0 Å². The molecule has 0 radical (unpaired) electrons. The molecule has 2 saturated heterocycles. The largest absolute Gasteiger partial charge is 0.479 e. The van der Waals surface area contributed by atoms with Gasteiger partial charge in [0.1, 0.15) is 25.4 Å². The fourth-order valence-corrected chi connectivity index (χ4v) is 1.58. The van der Waals surface area contributed by atoms with E-state index in [0.717, 1.165) is 0 Å². The van der Waals surface area contributed by atoms with Gasteiger partial charge in [-0.05, 0) is 13.8 Å². The number of aromatic nitrogens is 3. The van der Waals surface area contributed by atoms with E-state index in [4.69, 9.17) is 18.9 Å². The lowest BCUT2D eigenvalue weighted by Crippen LogP contribution is -2.12. The third-order valence-electron chi connectivity index (χ3n) is 3.01. The Kier molecular flexibility index (Phi) is 3.11. The highest BCUT2D eigenvalue weighted by atomic mass is 16.6. The van der Waals surface area contributed by atoms with Crippen molar-refractivity contribution < 1.29 is 24.1 Å². The number of rotatable bonds is 6. The van der Waals surface area contributed by atoms with Gasteiger partial charge in [-0.3, -0.25) is 0 Å². The number of hydrogen-bond donors (Lipinski definition) is 1. The molecular weight excluding hydrogens is 254 g/mol. The van der Waals surface area contributed by atoms with Gasteiger partial charge in [0, 0.05) is 0 Å². The summed E-state index contributed by atoms with van der Waals surface area (Å²) < 4.78 is 21.0. The van der Waals surface area contributed by atoms with Crippen LogP contribution in [-0.4, -0.2) is 57.7 Å². The molecule has 8 heteroatoms. The van der Waals surface area contributed by atoms with Crippen LogP contribution in [0.2, 0.25) is 0 Å². The zero-order valence-electron chi connectivity index (χ0n) is 10.6. The molecule has 19 heavy (non-hydrogen) atoms. The Balaban J connectivity index is 1.55. The van der Waals surface area contributed by atoms with Crippen LogP contribution in [0.1, 0.15) is 13.8 Å². The van der Waals surface area contributed by atoms with Crippen LogP contribution in [0.25, 0.3) is 0 Å². The van der Waals surface area contributed by atoms with Crippen LogP contribution in [0.5, 0.6) is 18.0 Å². The van der Waals surface area contributed by atoms with Gasteiger partial charge >= 0.3 is 18.0 Å². The monoisotopic (exact) mass is 269 g/mol. The molecule has 2 fully saturated rings. The minimum Gasteiger partial charge on any atom is -0.479 e. The van der Waals surface area contributed by atoms with Crippen molar-refractivity contribution in [2.24, 2.45) is 0 Å². The molecule has 8 nitrogen and oxygen atoms in total. The molecule has 0 amide bonds. The number of aromatic hydroxyl groups is 1. The Morgan fingerprint density at radius 1 is 0.947 bits per heavy atom. The molecule has 4 atom stereocenters. The van der Waals surface area contributed by atoms with Crippen molar-refractivity contribution in [2.75, 3.05) is 13.2 Å².